The van der Waals surface area contributed by atoms with E-state index in [4.69, 9.17) is 5.73 Å². The lowest BCUT2D eigenvalue weighted by molar-refractivity contribution is 0.490. The number of nitrogens with zero attached hydrogens (tertiary/aromatic N) is 4. The number of rotatable bonds is 3. The predicted molar refractivity (Wildman–Crippen MR) is 95.8 cm³/mol. The van der Waals surface area contributed by atoms with Gasteiger partial charge in [-0.1, -0.05) is 0 Å². The molecular weight excluding hydrogens is 389 g/mol. The van der Waals surface area contributed by atoms with Crippen LogP contribution in [0.2, 0.25) is 0 Å². The maximum Gasteiger partial charge on any atom is 0.269 e. The van der Waals surface area contributed by atoms with Gasteiger partial charge in [-0.3, -0.25) is 9.36 Å². The van der Waals surface area contributed by atoms with Crippen molar-refractivity contribution in [2.75, 3.05) is 18.0 Å². The highest BCUT2D eigenvalue weighted by Crippen LogP contribution is 2.20. The van der Waals surface area contributed by atoms with Crippen molar-refractivity contribution in [3.05, 3.63) is 56.2 Å². The summed E-state index contributed by atoms with van der Waals surface area (Å²) in [5.41, 5.74) is 6.52. The predicted octanol–water partition coefficient (Wildman–Crippen LogP) is 1.99. The van der Waals surface area contributed by atoms with Gasteiger partial charge in [0.05, 0.1) is 24.4 Å². The van der Waals surface area contributed by atoms with Crippen LogP contribution in [0.1, 0.15) is 24.0 Å². The summed E-state index contributed by atoms with van der Waals surface area (Å²) in [6.45, 7) is 1.41. The molecule has 2 aromatic rings. The summed E-state index contributed by atoms with van der Waals surface area (Å²) in [7, 11) is 0. The Labute approximate surface area is 152 Å². The highest BCUT2D eigenvalue weighted by Gasteiger charge is 2.22. The van der Waals surface area contributed by atoms with Crippen LogP contribution in [-0.4, -0.2) is 28.7 Å². The lowest BCUT2D eigenvalue weighted by Gasteiger charge is -2.33. The van der Waals surface area contributed by atoms with Crippen molar-refractivity contribution < 1.29 is 4.39 Å². The zero-order chi connectivity index (χ0) is 18.0. The standard InChI is InChI=1S/C17H17BrFN5O/c18-15-8-22-17(23-5-1-2-14(21)10-23)24(16(15)25)9-12-6-13(19)4-3-11(12)7-20/h3-4,6,8,14H,1-2,5,9-10,21H2. The fourth-order valence-corrected chi connectivity index (χ4v) is 3.33. The number of nitriles is 1. The van der Waals surface area contributed by atoms with Crippen LogP contribution in [0.3, 0.4) is 0 Å². The molecule has 0 spiro atoms. The molecule has 3 rings (SSSR count). The number of anilines is 1. The molecular formula is C17H17BrFN5O. The smallest absolute Gasteiger partial charge is 0.269 e. The summed E-state index contributed by atoms with van der Waals surface area (Å²) in [5.74, 6) is 0.0306. The molecule has 0 saturated carbocycles. The molecule has 1 aromatic heterocycles. The summed E-state index contributed by atoms with van der Waals surface area (Å²) in [5, 5.41) is 9.25. The molecule has 0 aliphatic carbocycles. The van der Waals surface area contributed by atoms with E-state index in [1.54, 1.807) is 0 Å². The zero-order valence-electron chi connectivity index (χ0n) is 13.5. The molecule has 2 heterocycles. The average Bonchev–Trinajstić information content (AvgIpc) is 2.59. The molecule has 1 fully saturated rings. The molecule has 130 valence electrons. The molecule has 1 aromatic carbocycles. The SMILES string of the molecule is N#Cc1ccc(F)cc1Cn1c(N2CCCC(N)C2)ncc(Br)c1=O. The highest BCUT2D eigenvalue weighted by atomic mass is 79.9. The summed E-state index contributed by atoms with van der Waals surface area (Å²) in [6.07, 6.45) is 3.31. The van der Waals surface area contributed by atoms with E-state index in [0.29, 0.717) is 28.1 Å². The van der Waals surface area contributed by atoms with Gasteiger partial charge in [0.15, 0.2) is 0 Å². The molecule has 6 nitrogen and oxygen atoms in total. The van der Waals surface area contributed by atoms with Crippen molar-refractivity contribution in [1.82, 2.24) is 9.55 Å². The van der Waals surface area contributed by atoms with Gasteiger partial charge >= 0.3 is 0 Å². The lowest BCUT2D eigenvalue weighted by Crippen LogP contribution is -2.45. The third kappa shape index (κ3) is 3.72. The first-order chi connectivity index (χ1) is 12.0. The van der Waals surface area contributed by atoms with E-state index in [-0.39, 0.29) is 18.1 Å². The van der Waals surface area contributed by atoms with Crippen molar-refractivity contribution in [1.29, 1.82) is 5.26 Å². The highest BCUT2D eigenvalue weighted by molar-refractivity contribution is 9.10. The normalized spacial score (nSPS) is 17.4. The van der Waals surface area contributed by atoms with Gasteiger partial charge in [-0.25, -0.2) is 9.37 Å². The van der Waals surface area contributed by atoms with Crippen LogP contribution in [0.25, 0.3) is 0 Å². The quantitative estimate of drug-likeness (QED) is 0.843. The second-order valence-electron chi connectivity index (χ2n) is 6.06. The average molecular weight is 406 g/mol. The van der Waals surface area contributed by atoms with Gasteiger partial charge in [0, 0.05) is 19.1 Å². The molecule has 1 unspecified atom stereocenters. The molecule has 1 aliphatic rings. The van der Waals surface area contributed by atoms with Gasteiger partial charge in [0.25, 0.3) is 5.56 Å². The van der Waals surface area contributed by atoms with E-state index in [9.17, 15) is 14.4 Å². The third-order valence-electron chi connectivity index (χ3n) is 4.24. The molecule has 0 radical (unpaired) electrons. The number of aromatic nitrogens is 2. The van der Waals surface area contributed by atoms with Crippen LogP contribution in [0.15, 0.2) is 33.7 Å². The van der Waals surface area contributed by atoms with Gasteiger partial charge in [-0.05, 0) is 52.5 Å². The van der Waals surface area contributed by atoms with Gasteiger partial charge in [-0.15, -0.1) is 0 Å². The molecule has 25 heavy (non-hydrogen) atoms. The van der Waals surface area contributed by atoms with Gasteiger partial charge in [0.2, 0.25) is 5.95 Å². The number of piperidine rings is 1. The molecule has 1 aliphatic heterocycles. The molecule has 0 bridgehead atoms. The first-order valence-electron chi connectivity index (χ1n) is 7.94. The van der Waals surface area contributed by atoms with Crippen molar-refractivity contribution in [3.8, 4) is 6.07 Å². The Morgan fingerprint density at radius 2 is 2.28 bits per heavy atom. The lowest BCUT2D eigenvalue weighted by atomic mass is 10.1. The van der Waals surface area contributed by atoms with Crippen LogP contribution in [0.5, 0.6) is 0 Å². The number of halogens is 2. The summed E-state index contributed by atoms with van der Waals surface area (Å²) < 4.78 is 15.4. The fraction of sp³-hybridized carbons (Fsp3) is 0.353. The van der Waals surface area contributed by atoms with Gasteiger partial charge < -0.3 is 10.6 Å². The number of hydrogen-bond donors (Lipinski definition) is 1. The molecule has 1 saturated heterocycles. The Morgan fingerprint density at radius 1 is 1.48 bits per heavy atom. The minimum atomic E-state index is -0.452. The van der Waals surface area contributed by atoms with E-state index >= 15 is 0 Å². The van der Waals surface area contributed by atoms with E-state index in [1.807, 2.05) is 11.0 Å². The van der Waals surface area contributed by atoms with E-state index < -0.39 is 5.82 Å². The van der Waals surface area contributed by atoms with E-state index in [1.165, 1.54) is 29.0 Å². The Hall–Kier alpha value is -2.24. The first kappa shape index (κ1) is 17.6. The summed E-state index contributed by atoms with van der Waals surface area (Å²) >= 11 is 3.20. The minimum absolute atomic E-state index is 0.0200. The zero-order valence-corrected chi connectivity index (χ0v) is 15.0. The monoisotopic (exact) mass is 405 g/mol. The maximum absolute atomic E-state index is 13.6. The Morgan fingerprint density at radius 3 is 3.00 bits per heavy atom. The van der Waals surface area contributed by atoms with Crippen LogP contribution in [0.4, 0.5) is 10.3 Å². The molecule has 0 amide bonds. The summed E-state index contributed by atoms with van der Waals surface area (Å²) in [6, 6.07) is 5.98. The second kappa shape index (κ2) is 7.33. The van der Waals surface area contributed by atoms with Crippen LogP contribution >= 0.6 is 15.9 Å². The minimum Gasteiger partial charge on any atom is -0.341 e. The van der Waals surface area contributed by atoms with Crippen molar-refractivity contribution in [2.45, 2.75) is 25.4 Å². The van der Waals surface area contributed by atoms with Crippen LogP contribution in [-0.2, 0) is 6.54 Å². The Balaban J connectivity index is 2.06. The second-order valence-corrected chi connectivity index (χ2v) is 6.91. The topological polar surface area (TPSA) is 87.9 Å². The fourth-order valence-electron chi connectivity index (χ4n) is 3.02. The van der Waals surface area contributed by atoms with E-state index in [2.05, 4.69) is 20.9 Å². The summed E-state index contributed by atoms with van der Waals surface area (Å²) in [4.78, 5) is 19.0. The molecule has 1 atom stereocenters. The van der Waals surface area contributed by atoms with Crippen molar-refractivity contribution >= 4 is 21.9 Å². The van der Waals surface area contributed by atoms with Gasteiger partial charge in [-0.2, -0.15) is 5.26 Å². The Kier molecular flexibility index (Phi) is 5.16. The van der Waals surface area contributed by atoms with Crippen LogP contribution in [0, 0.1) is 17.1 Å². The molecule has 8 heteroatoms. The third-order valence-corrected chi connectivity index (χ3v) is 4.79. The van der Waals surface area contributed by atoms with Gasteiger partial charge in [0.1, 0.15) is 10.3 Å². The molecule has 2 N–H and O–H groups in total. The maximum atomic E-state index is 13.6. The first-order valence-corrected chi connectivity index (χ1v) is 8.73. The number of benzene rings is 1. The van der Waals surface area contributed by atoms with E-state index in [0.717, 1.165) is 19.4 Å². The number of nitrogens with two attached hydrogens (primary N) is 1. The largest absolute Gasteiger partial charge is 0.341 e. The van der Waals surface area contributed by atoms with Crippen molar-refractivity contribution in [2.24, 2.45) is 5.73 Å². The van der Waals surface area contributed by atoms with Crippen molar-refractivity contribution in [3.63, 3.8) is 0 Å². The Bertz CT molecular complexity index is 892. The number of hydrogen-bond acceptors (Lipinski definition) is 5. The van der Waals surface area contributed by atoms with Crippen LogP contribution < -0.4 is 16.2 Å².